The minimum Gasteiger partial charge on any atom is -0.377 e. The minimum atomic E-state index is -0.195. The zero-order valence-corrected chi connectivity index (χ0v) is 12.2. The van der Waals surface area contributed by atoms with E-state index in [4.69, 9.17) is 27.9 Å². The lowest BCUT2D eigenvalue weighted by Gasteiger charge is -2.26. The van der Waals surface area contributed by atoms with Gasteiger partial charge in [0.1, 0.15) is 0 Å². The van der Waals surface area contributed by atoms with Crippen molar-refractivity contribution in [3.8, 4) is 0 Å². The Hall–Kier alpha value is -0.280. The third-order valence-electron chi connectivity index (χ3n) is 2.83. The molecule has 0 aliphatic heterocycles. The minimum absolute atomic E-state index is 0.135. The maximum Gasteiger partial charge on any atom is 0.0746 e. The topological polar surface area (TPSA) is 21.3 Å². The maximum absolute atomic E-state index is 6.17. The summed E-state index contributed by atoms with van der Waals surface area (Å²) in [5.74, 6) is 0. The van der Waals surface area contributed by atoms with Gasteiger partial charge in [0.25, 0.3) is 0 Å². The van der Waals surface area contributed by atoms with Gasteiger partial charge in [-0.25, -0.2) is 0 Å². The summed E-state index contributed by atoms with van der Waals surface area (Å²) in [6.45, 7) is 6.87. The second-order valence-electron chi connectivity index (χ2n) is 4.71. The molecule has 0 amide bonds. The number of benzene rings is 1. The van der Waals surface area contributed by atoms with Crippen molar-refractivity contribution in [3.05, 3.63) is 33.8 Å². The Morgan fingerprint density at radius 1 is 1.35 bits per heavy atom. The fourth-order valence-electron chi connectivity index (χ4n) is 1.44. The summed E-state index contributed by atoms with van der Waals surface area (Å²) in [5.41, 5.74) is 0.810. The quantitative estimate of drug-likeness (QED) is 0.875. The van der Waals surface area contributed by atoms with Crippen LogP contribution in [0.2, 0.25) is 10.0 Å². The Labute approximate surface area is 113 Å². The van der Waals surface area contributed by atoms with E-state index in [0.717, 1.165) is 12.1 Å². The van der Waals surface area contributed by atoms with E-state index in [0.29, 0.717) is 10.0 Å². The van der Waals surface area contributed by atoms with E-state index in [1.807, 2.05) is 26.0 Å². The number of nitrogens with one attached hydrogen (secondary N) is 1. The van der Waals surface area contributed by atoms with Crippen molar-refractivity contribution >= 4 is 23.2 Å². The summed E-state index contributed by atoms with van der Waals surface area (Å²) < 4.78 is 5.36. The molecule has 0 bridgehead atoms. The van der Waals surface area contributed by atoms with Gasteiger partial charge >= 0.3 is 0 Å². The smallest absolute Gasteiger partial charge is 0.0746 e. The second-order valence-corrected chi connectivity index (χ2v) is 5.49. The number of hydrogen-bond acceptors (Lipinski definition) is 2. The van der Waals surface area contributed by atoms with Crippen molar-refractivity contribution in [1.82, 2.24) is 5.32 Å². The number of hydrogen-bond donors (Lipinski definition) is 1. The van der Waals surface area contributed by atoms with E-state index in [1.54, 1.807) is 13.2 Å². The molecule has 1 unspecified atom stereocenters. The lowest BCUT2D eigenvalue weighted by Crippen LogP contribution is -2.37. The molecule has 0 spiro atoms. The number of methoxy groups -OCH3 is 1. The molecule has 0 fully saturated rings. The van der Waals surface area contributed by atoms with Crippen LogP contribution < -0.4 is 5.32 Å². The zero-order valence-electron chi connectivity index (χ0n) is 10.7. The number of rotatable bonds is 5. The van der Waals surface area contributed by atoms with Crippen molar-refractivity contribution < 1.29 is 4.74 Å². The van der Waals surface area contributed by atoms with Crippen LogP contribution in [0.3, 0.4) is 0 Å². The average molecular weight is 276 g/mol. The van der Waals surface area contributed by atoms with Crippen LogP contribution in [0.4, 0.5) is 0 Å². The highest BCUT2D eigenvalue weighted by molar-refractivity contribution is 6.42. The van der Waals surface area contributed by atoms with Gasteiger partial charge in [-0.1, -0.05) is 35.3 Å². The Morgan fingerprint density at radius 3 is 2.59 bits per heavy atom. The lowest BCUT2D eigenvalue weighted by atomic mass is 10.1. The highest BCUT2D eigenvalue weighted by atomic mass is 35.5. The Bertz CT molecular complexity index is 380. The van der Waals surface area contributed by atoms with Gasteiger partial charge < -0.3 is 10.1 Å². The molecule has 0 saturated carbocycles. The van der Waals surface area contributed by atoms with Crippen LogP contribution in [0.1, 0.15) is 32.4 Å². The molecule has 1 aromatic rings. The summed E-state index contributed by atoms with van der Waals surface area (Å²) in [6, 6.07) is 5.81. The molecular formula is C13H19Cl2NO. The Kier molecular flexibility index (Phi) is 5.26. The van der Waals surface area contributed by atoms with E-state index in [2.05, 4.69) is 12.2 Å². The van der Waals surface area contributed by atoms with Gasteiger partial charge in [-0.2, -0.15) is 0 Å². The van der Waals surface area contributed by atoms with E-state index in [9.17, 15) is 0 Å². The summed E-state index contributed by atoms with van der Waals surface area (Å²) in [5, 5.41) is 4.59. The molecule has 0 aliphatic rings. The molecule has 0 heterocycles. The lowest BCUT2D eigenvalue weighted by molar-refractivity contribution is 0.0214. The fourth-order valence-corrected chi connectivity index (χ4v) is 1.91. The van der Waals surface area contributed by atoms with E-state index in [1.165, 1.54) is 0 Å². The van der Waals surface area contributed by atoms with Crippen LogP contribution in [0, 0.1) is 0 Å². The van der Waals surface area contributed by atoms with Crippen LogP contribution in [-0.4, -0.2) is 19.3 Å². The summed E-state index contributed by atoms with van der Waals surface area (Å²) in [7, 11) is 1.71. The monoisotopic (exact) mass is 275 g/mol. The van der Waals surface area contributed by atoms with Gasteiger partial charge in [-0.3, -0.25) is 0 Å². The molecule has 4 heteroatoms. The molecule has 2 nitrogen and oxygen atoms in total. The van der Waals surface area contributed by atoms with Crippen molar-refractivity contribution in [2.45, 2.75) is 32.4 Å². The van der Waals surface area contributed by atoms with E-state index in [-0.39, 0.29) is 11.6 Å². The van der Waals surface area contributed by atoms with Gasteiger partial charge in [-0.05, 0) is 32.4 Å². The Morgan fingerprint density at radius 2 is 2.00 bits per heavy atom. The molecule has 0 aliphatic carbocycles. The Balaban J connectivity index is 2.71. The standard InChI is InChI=1S/C13H19Cl2NO/c1-9(16-8-13(2,3)17-4)10-6-5-7-11(14)12(10)15/h5-7,9,16H,8H2,1-4H3. The van der Waals surface area contributed by atoms with Crippen molar-refractivity contribution in [2.24, 2.45) is 0 Å². The van der Waals surface area contributed by atoms with Gasteiger partial charge in [0, 0.05) is 19.7 Å². The third-order valence-corrected chi connectivity index (χ3v) is 3.67. The summed E-state index contributed by atoms with van der Waals surface area (Å²) in [6.07, 6.45) is 0. The fraction of sp³-hybridized carbons (Fsp3) is 0.538. The van der Waals surface area contributed by atoms with E-state index >= 15 is 0 Å². The summed E-state index contributed by atoms with van der Waals surface area (Å²) in [4.78, 5) is 0. The molecule has 1 rings (SSSR count). The van der Waals surface area contributed by atoms with Crippen molar-refractivity contribution in [3.63, 3.8) is 0 Å². The predicted octanol–water partition coefficient (Wildman–Crippen LogP) is 4.07. The van der Waals surface area contributed by atoms with Gasteiger partial charge in [0.15, 0.2) is 0 Å². The second kappa shape index (κ2) is 6.05. The molecule has 0 radical (unpaired) electrons. The average Bonchev–Trinajstić information content (AvgIpc) is 2.30. The van der Waals surface area contributed by atoms with Gasteiger partial charge in [0.2, 0.25) is 0 Å². The van der Waals surface area contributed by atoms with Crippen LogP contribution in [0.15, 0.2) is 18.2 Å². The molecule has 96 valence electrons. The van der Waals surface area contributed by atoms with Crippen LogP contribution in [-0.2, 0) is 4.74 Å². The van der Waals surface area contributed by atoms with Crippen LogP contribution in [0.5, 0.6) is 0 Å². The number of ether oxygens (including phenoxy) is 1. The first-order valence-corrected chi connectivity index (χ1v) is 6.35. The van der Waals surface area contributed by atoms with Crippen molar-refractivity contribution in [1.29, 1.82) is 0 Å². The first-order valence-electron chi connectivity index (χ1n) is 5.60. The third kappa shape index (κ3) is 4.14. The normalized spacial score (nSPS) is 13.8. The molecule has 0 saturated heterocycles. The molecule has 0 aromatic heterocycles. The van der Waals surface area contributed by atoms with Gasteiger partial charge in [-0.15, -0.1) is 0 Å². The van der Waals surface area contributed by atoms with Crippen LogP contribution >= 0.6 is 23.2 Å². The van der Waals surface area contributed by atoms with Gasteiger partial charge in [0.05, 0.1) is 15.6 Å². The predicted molar refractivity (Wildman–Crippen MR) is 74.0 cm³/mol. The highest BCUT2D eigenvalue weighted by Gasteiger charge is 2.18. The first-order chi connectivity index (χ1) is 7.87. The highest BCUT2D eigenvalue weighted by Crippen LogP contribution is 2.29. The maximum atomic E-state index is 6.17. The molecule has 1 aromatic carbocycles. The molecule has 1 N–H and O–H groups in total. The zero-order chi connectivity index (χ0) is 13.1. The number of halogens is 2. The molecular weight excluding hydrogens is 257 g/mol. The largest absolute Gasteiger partial charge is 0.377 e. The molecule has 17 heavy (non-hydrogen) atoms. The van der Waals surface area contributed by atoms with E-state index < -0.39 is 0 Å². The molecule has 1 atom stereocenters. The summed E-state index contributed by atoms with van der Waals surface area (Å²) >= 11 is 12.2. The van der Waals surface area contributed by atoms with Crippen LogP contribution in [0.25, 0.3) is 0 Å². The first kappa shape index (κ1) is 14.8. The SMILES string of the molecule is COC(C)(C)CNC(C)c1cccc(Cl)c1Cl. The van der Waals surface area contributed by atoms with Crippen molar-refractivity contribution in [2.75, 3.05) is 13.7 Å².